The molecule has 0 radical (unpaired) electrons. The molecule has 15 heavy (non-hydrogen) atoms. The third-order valence-corrected chi connectivity index (χ3v) is 2.18. The van der Waals surface area contributed by atoms with Gasteiger partial charge in [-0.3, -0.25) is 0 Å². The van der Waals surface area contributed by atoms with E-state index in [2.05, 4.69) is 5.10 Å². The second kappa shape index (κ2) is 3.73. The SMILES string of the molecule is CCOC(=O)c1cc(C)n2nccc2c1. The molecular weight excluding hydrogens is 192 g/mol. The molecule has 0 aromatic carbocycles. The summed E-state index contributed by atoms with van der Waals surface area (Å²) in [5, 5.41) is 4.13. The van der Waals surface area contributed by atoms with E-state index in [4.69, 9.17) is 4.74 Å². The second-order valence-corrected chi connectivity index (χ2v) is 3.27. The number of hydrogen-bond donors (Lipinski definition) is 0. The molecule has 2 rings (SSSR count). The number of nitrogens with zero attached hydrogens (tertiary/aromatic N) is 2. The number of hydrogen-bond acceptors (Lipinski definition) is 3. The number of esters is 1. The Morgan fingerprint density at radius 3 is 3.07 bits per heavy atom. The summed E-state index contributed by atoms with van der Waals surface area (Å²) in [6.07, 6.45) is 1.71. The minimum Gasteiger partial charge on any atom is -0.462 e. The molecule has 2 aromatic rings. The molecule has 0 saturated carbocycles. The van der Waals surface area contributed by atoms with Gasteiger partial charge in [0.25, 0.3) is 0 Å². The molecule has 0 atom stereocenters. The molecule has 0 saturated heterocycles. The van der Waals surface area contributed by atoms with Crippen LogP contribution in [0.25, 0.3) is 5.52 Å². The number of carbonyl (C=O) groups excluding carboxylic acids is 1. The maximum atomic E-state index is 11.5. The number of rotatable bonds is 2. The fourth-order valence-corrected chi connectivity index (χ4v) is 1.54. The first-order valence-electron chi connectivity index (χ1n) is 4.84. The molecule has 4 heteroatoms. The van der Waals surface area contributed by atoms with E-state index in [1.165, 1.54) is 0 Å². The van der Waals surface area contributed by atoms with Gasteiger partial charge in [0.15, 0.2) is 0 Å². The molecule has 2 aromatic heterocycles. The van der Waals surface area contributed by atoms with Crippen LogP contribution in [0.2, 0.25) is 0 Å². The van der Waals surface area contributed by atoms with Gasteiger partial charge in [0.05, 0.1) is 17.7 Å². The lowest BCUT2D eigenvalue weighted by Crippen LogP contribution is -2.06. The lowest BCUT2D eigenvalue weighted by atomic mass is 10.2. The van der Waals surface area contributed by atoms with Crippen molar-refractivity contribution in [3.63, 3.8) is 0 Å². The first-order valence-corrected chi connectivity index (χ1v) is 4.84. The van der Waals surface area contributed by atoms with Crippen LogP contribution in [0.4, 0.5) is 0 Å². The van der Waals surface area contributed by atoms with Crippen molar-refractivity contribution >= 4 is 11.5 Å². The Kier molecular flexibility index (Phi) is 2.41. The first kappa shape index (κ1) is 9.71. The van der Waals surface area contributed by atoms with Crippen LogP contribution in [-0.2, 0) is 4.74 Å². The van der Waals surface area contributed by atoms with Gasteiger partial charge < -0.3 is 4.74 Å². The summed E-state index contributed by atoms with van der Waals surface area (Å²) in [7, 11) is 0. The van der Waals surface area contributed by atoms with Crippen LogP contribution in [0.5, 0.6) is 0 Å². The number of aryl methyl sites for hydroxylation is 1. The van der Waals surface area contributed by atoms with E-state index < -0.39 is 0 Å². The van der Waals surface area contributed by atoms with Crippen molar-refractivity contribution in [2.24, 2.45) is 0 Å². The van der Waals surface area contributed by atoms with Gasteiger partial charge >= 0.3 is 5.97 Å². The van der Waals surface area contributed by atoms with Crippen LogP contribution in [-0.4, -0.2) is 22.2 Å². The van der Waals surface area contributed by atoms with E-state index in [0.717, 1.165) is 11.2 Å². The predicted octanol–water partition coefficient (Wildman–Crippen LogP) is 1.82. The largest absolute Gasteiger partial charge is 0.462 e. The van der Waals surface area contributed by atoms with E-state index in [-0.39, 0.29) is 5.97 Å². The van der Waals surface area contributed by atoms with E-state index in [9.17, 15) is 4.79 Å². The van der Waals surface area contributed by atoms with Crippen LogP contribution >= 0.6 is 0 Å². The number of fused-ring (bicyclic) bond motifs is 1. The molecule has 0 N–H and O–H groups in total. The van der Waals surface area contributed by atoms with Crippen LogP contribution < -0.4 is 0 Å². The molecule has 0 fully saturated rings. The summed E-state index contributed by atoms with van der Waals surface area (Å²) in [6, 6.07) is 5.41. The van der Waals surface area contributed by atoms with Gasteiger partial charge in [-0.2, -0.15) is 5.10 Å². The van der Waals surface area contributed by atoms with Crippen molar-refractivity contribution in [2.45, 2.75) is 13.8 Å². The molecule has 0 aliphatic heterocycles. The highest BCUT2D eigenvalue weighted by molar-refractivity contribution is 5.90. The summed E-state index contributed by atoms with van der Waals surface area (Å²) in [5.74, 6) is -0.288. The third-order valence-electron chi connectivity index (χ3n) is 2.18. The standard InChI is InChI=1S/C11H12N2O2/c1-3-15-11(14)9-6-8(2)13-10(7-9)4-5-12-13/h4-7H,3H2,1-2H3. The summed E-state index contributed by atoms with van der Waals surface area (Å²) in [6.45, 7) is 4.09. The Morgan fingerprint density at radius 2 is 2.33 bits per heavy atom. The van der Waals surface area contributed by atoms with Crippen LogP contribution in [0.1, 0.15) is 23.0 Å². The number of carbonyl (C=O) groups is 1. The highest BCUT2D eigenvalue weighted by Crippen LogP contribution is 2.11. The zero-order chi connectivity index (χ0) is 10.8. The molecule has 0 unspecified atom stereocenters. The zero-order valence-electron chi connectivity index (χ0n) is 8.73. The van der Waals surface area contributed by atoms with Gasteiger partial charge in [0.1, 0.15) is 0 Å². The summed E-state index contributed by atoms with van der Waals surface area (Å²) in [4.78, 5) is 11.5. The Labute approximate surface area is 87.5 Å². The van der Waals surface area contributed by atoms with Crippen molar-refractivity contribution in [3.8, 4) is 0 Å². The van der Waals surface area contributed by atoms with E-state index in [1.54, 1.807) is 29.8 Å². The molecule has 0 amide bonds. The molecule has 0 bridgehead atoms. The second-order valence-electron chi connectivity index (χ2n) is 3.27. The van der Waals surface area contributed by atoms with Crippen molar-refractivity contribution in [1.82, 2.24) is 9.61 Å². The fourth-order valence-electron chi connectivity index (χ4n) is 1.54. The molecule has 0 aliphatic carbocycles. The van der Waals surface area contributed by atoms with Crippen molar-refractivity contribution in [2.75, 3.05) is 6.61 Å². The number of ether oxygens (including phenoxy) is 1. The van der Waals surface area contributed by atoms with Gasteiger partial charge in [-0.1, -0.05) is 0 Å². The average molecular weight is 204 g/mol. The minimum absolute atomic E-state index is 0.288. The topological polar surface area (TPSA) is 43.6 Å². The van der Waals surface area contributed by atoms with E-state index in [1.807, 2.05) is 13.0 Å². The Morgan fingerprint density at radius 1 is 1.53 bits per heavy atom. The van der Waals surface area contributed by atoms with Gasteiger partial charge in [0, 0.05) is 11.9 Å². The smallest absolute Gasteiger partial charge is 0.338 e. The van der Waals surface area contributed by atoms with Crippen LogP contribution in [0, 0.1) is 6.92 Å². The Balaban J connectivity index is 2.49. The quantitative estimate of drug-likeness (QED) is 0.701. The Hall–Kier alpha value is -1.84. The Bertz CT molecular complexity index is 502. The fraction of sp³-hybridized carbons (Fsp3) is 0.273. The van der Waals surface area contributed by atoms with E-state index >= 15 is 0 Å². The summed E-state index contributed by atoms with van der Waals surface area (Å²) in [5.41, 5.74) is 2.39. The van der Waals surface area contributed by atoms with E-state index in [0.29, 0.717) is 12.2 Å². The minimum atomic E-state index is -0.288. The van der Waals surface area contributed by atoms with Gasteiger partial charge in [-0.05, 0) is 32.0 Å². The molecule has 78 valence electrons. The highest BCUT2D eigenvalue weighted by atomic mass is 16.5. The highest BCUT2D eigenvalue weighted by Gasteiger charge is 2.09. The van der Waals surface area contributed by atoms with Crippen LogP contribution in [0.15, 0.2) is 24.4 Å². The van der Waals surface area contributed by atoms with Gasteiger partial charge in [-0.15, -0.1) is 0 Å². The van der Waals surface area contributed by atoms with Crippen LogP contribution in [0.3, 0.4) is 0 Å². The molecule has 4 nitrogen and oxygen atoms in total. The molecule has 2 heterocycles. The monoisotopic (exact) mass is 204 g/mol. The molecule has 0 aliphatic rings. The normalized spacial score (nSPS) is 10.5. The van der Waals surface area contributed by atoms with Crippen molar-refractivity contribution < 1.29 is 9.53 Å². The summed E-state index contributed by atoms with van der Waals surface area (Å²) < 4.78 is 6.72. The van der Waals surface area contributed by atoms with Gasteiger partial charge in [0.2, 0.25) is 0 Å². The predicted molar refractivity (Wildman–Crippen MR) is 55.9 cm³/mol. The number of pyridine rings is 1. The third kappa shape index (κ3) is 1.70. The lowest BCUT2D eigenvalue weighted by Gasteiger charge is -2.04. The van der Waals surface area contributed by atoms with Crippen molar-refractivity contribution in [1.29, 1.82) is 0 Å². The molecular formula is C11H12N2O2. The first-order chi connectivity index (χ1) is 7.22. The maximum absolute atomic E-state index is 11.5. The molecule has 0 spiro atoms. The summed E-state index contributed by atoms with van der Waals surface area (Å²) >= 11 is 0. The zero-order valence-corrected chi connectivity index (χ0v) is 8.73. The maximum Gasteiger partial charge on any atom is 0.338 e. The van der Waals surface area contributed by atoms with Crippen molar-refractivity contribution in [3.05, 3.63) is 35.7 Å². The lowest BCUT2D eigenvalue weighted by molar-refractivity contribution is 0.0526. The van der Waals surface area contributed by atoms with Gasteiger partial charge in [-0.25, -0.2) is 9.31 Å². The number of aromatic nitrogens is 2. The average Bonchev–Trinajstić information content (AvgIpc) is 2.66.